The molecule has 0 radical (unpaired) electrons. The van der Waals surface area contributed by atoms with E-state index < -0.39 is 15.9 Å². The highest BCUT2D eigenvalue weighted by atomic mass is 35.5. The van der Waals surface area contributed by atoms with Crippen molar-refractivity contribution in [1.29, 1.82) is 0 Å². The maximum Gasteiger partial charge on any atom is 0.255 e. The van der Waals surface area contributed by atoms with Crippen molar-refractivity contribution in [3.05, 3.63) is 46.6 Å². The number of sulfone groups is 1. The summed E-state index contributed by atoms with van der Waals surface area (Å²) in [5, 5.41) is 9.63. The molecule has 2 aromatic rings. The van der Waals surface area contributed by atoms with E-state index in [1.807, 2.05) is 20.8 Å². The molecule has 4 rings (SSSR count). The third kappa shape index (κ3) is 5.35. The first-order valence-electron chi connectivity index (χ1n) is 11.8. The minimum absolute atomic E-state index is 0. The van der Waals surface area contributed by atoms with Gasteiger partial charge in [0.1, 0.15) is 5.82 Å². The molecule has 0 bridgehead atoms. The number of benzene rings is 1. The largest absolute Gasteiger partial charge is 0.394 e. The monoisotopic (exact) mass is 536 g/mol. The zero-order valence-corrected chi connectivity index (χ0v) is 22.7. The van der Waals surface area contributed by atoms with Crippen molar-refractivity contribution in [3.63, 3.8) is 0 Å². The summed E-state index contributed by atoms with van der Waals surface area (Å²) in [6.45, 7) is 7.89. The predicted molar refractivity (Wildman–Crippen MR) is 141 cm³/mol. The van der Waals surface area contributed by atoms with E-state index in [2.05, 4.69) is 11.0 Å². The average Bonchev–Trinajstić information content (AvgIpc) is 3.20. The summed E-state index contributed by atoms with van der Waals surface area (Å²) in [7, 11) is -3.75. The van der Waals surface area contributed by atoms with Crippen LogP contribution in [0.5, 0.6) is 0 Å². The van der Waals surface area contributed by atoms with Crippen molar-refractivity contribution in [3.8, 4) is 0 Å². The molecule has 0 saturated carbocycles. The molecule has 9 nitrogen and oxygen atoms in total. The van der Waals surface area contributed by atoms with Crippen LogP contribution in [0.25, 0.3) is 0 Å². The van der Waals surface area contributed by atoms with Gasteiger partial charge in [-0.1, -0.05) is 6.07 Å². The van der Waals surface area contributed by atoms with Crippen LogP contribution in [0.1, 0.15) is 40.0 Å². The number of carbonyl (C=O) groups is 2. The van der Waals surface area contributed by atoms with Crippen molar-refractivity contribution in [2.45, 2.75) is 44.6 Å². The molecule has 2 aliphatic rings. The Balaban J connectivity index is 0.00000361. The van der Waals surface area contributed by atoms with Gasteiger partial charge >= 0.3 is 0 Å². The van der Waals surface area contributed by atoms with Gasteiger partial charge in [-0.25, -0.2) is 13.4 Å². The Bertz CT molecular complexity index is 1280. The molecule has 1 N–H and O–H groups in total. The lowest BCUT2D eigenvalue weighted by molar-refractivity contribution is -0.117. The number of carbonyl (C=O) groups excluding carboxylic acids is 2. The normalized spacial score (nSPS) is 18.4. The number of aliphatic hydroxyl groups excluding tert-OH is 1. The van der Waals surface area contributed by atoms with Gasteiger partial charge in [-0.2, -0.15) is 0 Å². The minimum atomic E-state index is -3.75. The second-order valence-corrected chi connectivity index (χ2v) is 11.4. The van der Waals surface area contributed by atoms with Crippen LogP contribution in [0.15, 0.2) is 29.2 Å². The van der Waals surface area contributed by atoms with Crippen LogP contribution in [0.2, 0.25) is 0 Å². The second-order valence-electron chi connectivity index (χ2n) is 9.40. The first kappa shape index (κ1) is 27.9. The third-order valence-corrected chi connectivity index (χ3v) is 8.04. The zero-order valence-electron chi connectivity index (χ0n) is 21.0. The molecule has 3 heterocycles. The summed E-state index contributed by atoms with van der Waals surface area (Å²) in [6.07, 6.45) is 1.85. The maximum absolute atomic E-state index is 13.4. The molecule has 2 fully saturated rings. The molecule has 2 aliphatic heterocycles. The van der Waals surface area contributed by atoms with Crippen LogP contribution in [0, 0.1) is 20.8 Å². The molecular formula is C25H33ClN4O5S. The van der Waals surface area contributed by atoms with Crippen LogP contribution in [0.3, 0.4) is 0 Å². The van der Waals surface area contributed by atoms with Gasteiger partial charge in [0.05, 0.1) is 23.1 Å². The van der Waals surface area contributed by atoms with Gasteiger partial charge in [0, 0.05) is 50.2 Å². The minimum Gasteiger partial charge on any atom is -0.394 e. The van der Waals surface area contributed by atoms with E-state index in [9.17, 15) is 23.1 Å². The van der Waals surface area contributed by atoms with Crippen molar-refractivity contribution >= 4 is 45.6 Å². The number of aromatic nitrogens is 1. The highest BCUT2D eigenvalue weighted by Crippen LogP contribution is 2.31. The Hall–Kier alpha value is -2.69. The number of aliphatic hydroxyl groups is 1. The summed E-state index contributed by atoms with van der Waals surface area (Å²) in [6, 6.07) is 6.17. The van der Waals surface area contributed by atoms with Gasteiger partial charge in [0.2, 0.25) is 5.91 Å². The van der Waals surface area contributed by atoms with E-state index in [1.54, 1.807) is 11.0 Å². The first-order valence-corrected chi connectivity index (χ1v) is 13.7. The number of halogens is 1. The van der Waals surface area contributed by atoms with Crippen LogP contribution >= 0.6 is 12.4 Å². The summed E-state index contributed by atoms with van der Waals surface area (Å²) < 4.78 is 25.3. The molecule has 1 atom stereocenters. The van der Waals surface area contributed by atoms with E-state index >= 15 is 0 Å². The number of rotatable bonds is 5. The fourth-order valence-electron chi connectivity index (χ4n) is 4.86. The number of aryl methyl sites for hydroxylation is 3. The van der Waals surface area contributed by atoms with Crippen molar-refractivity contribution in [2.75, 3.05) is 48.8 Å². The molecule has 1 aromatic heterocycles. The molecular weight excluding hydrogens is 504 g/mol. The smallest absolute Gasteiger partial charge is 0.255 e. The van der Waals surface area contributed by atoms with E-state index in [0.717, 1.165) is 28.9 Å². The SMILES string of the molecule is Cc1cc(C)c(N2CCN(C(=O)c3ccc(N4C(=O)CCC4CO)cc3S(C)(=O)=O)CC2)nc1C.Cl. The third-order valence-electron chi connectivity index (χ3n) is 6.91. The van der Waals surface area contributed by atoms with Crippen molar-refractivity contribution in [2.24, 2.45) is 0 Å². The molecule has 0 spiro atoms. The summed E-state index contributed by atoms with van der Waals surface area (Å²) in [5.41, 5.74) is 3.67. The van der Waals surface area contributed by atoms with E-state index in [0.29, 0.717) is 44.7 Å². The molecule has 196 valence electrons. The number of piperazine rings is 1. The van der Waals surface area contributed by atoms with Gasteiger partial charge in [-0.05, 0) is 56.5 Å². The topological polar surface area (TPSA) is 111 Å². The van der Waals surface area contributed by atoms with Gasteiger partial charge < -0.3 is 19.8 Å². The Kier molecular flexibility index (Phi) is 8.32. The Morgan fingerprint density at radius 3 is 2.36 bits per heavy atom. The summed E-state index contributed by atoms with van der Waals surface area (Å²) >= 11 is 0. The number of anilines is 2. The lowest BCUT2D eigenvalue weighted by Crippen LogP contribution is -2.49. The van der Waals surface area contributed by atoms with Crippen LogP contribution in [-0.4, -0.2) is 80.3 Å². The maximum atomic E-state index is 13.4. The molecule has 0 aliphatic carbocycles. The van der Waals surface area contributed by atoms with Gasteiger partial charge in [0.25, 0.3) is 5.91 Å². The number of amides is 2. The Morgan fingerprint density at radius 1 is 1.08 bits per heavy atom. The molecule has 1 unspecified atom stereocenters. The van der Waals surface area contributed by atoms with Crippen molar-refractivity contribution in [1.82, 2.24) is 9.88 Å². The fourth-order valence-corrected chi connectivity index (χ4v) is 5.75. The van der Waals surface area contributed by atoms with Gasteiger partial charge in [-0.15, -0.1) is 12.4 Å². The lowest BCUT2D eigenvalue weighted by Gasteiger charge is -2.36. The molecule has 2 saturated heterocycles. The van der Waals surface area contributed by atoms with E-state index in [4.69, 9.17) is 4.98 Å². The molecule has 11 heteroatoms. The Morgan fingerprint density at radius 2 is 1.75 bits per heavy atom. The Labute approximate surface area is 218 Å². The predicted octanol–water partition coefficient (Wildman–Crippen LogP) is 2.28. The van der Waals surface area contributed by atoms with Crippen LogP contribution < -0.4 is 9.80 Å². The van der Waals surface area contributed by atoms with Gasteiger partial charge in [0.15, 0.2) is 9.84 Å². The quantitative estimate of drug-likeness (QED) is 0.624. The molecule has 36 heavy (non-hydrogen) atoms. The van der Waals surface area contributed by atoms with Gasteiger partial charge in [-0.3, -0.25) is 9.59 Å². The summed E-state index contributed by atoms with van der Waals surface area (Å²) in [5.74, 6) is 0.386. The first-order chi connectivity index (χ1) is 16.5. The van der Waals surface area contributed by atoms with Crippen molar-refractivity contribution < 1.29 is 23.1 Å². The number of nitrogens with zero attached hydrogens (tertiary/aromatic N) is 4. The molecule has 2 amide bonds. The van der Waals surface area contributed by atoms with Crippen LogP contribution in [-0.2, 0) is 14.6 Å². The van der Waals surface area contributed by atoms with Crippen LogP contribution in [0.4, 0.5) is 11.5 Å². The number of hydrogen-bond acceptors (Lipinski definition) is 7. The van der Waals surface area contributed by atoms with E-state index in [1.165, 1.54) is 17.0 Å². The fraction of sp³-hybridized carbons (Fsp3) is 0.480. The molecule has 1 aromatic carbocycles. The standard InChI is InChI=1S/C25H32N4O5S.ClH/c1-16-13-17(2)24(26-18(16)3)27-9-11-28(12-10-27)25(32)21-7-5-19(14-22(21)35(4,33)34)29-20(15-30)6-8-23(29)31;/h5,7,13-14,20,30H,6,8-12,15H2,1-4H3;1H. The zero-order chi connectivity index (χ0) is 25.5. The second kappa shape index (κ2) is 10.7. The average molecular weight is 537 g/mol. The number of pyridine rings is 1. The number of hydrogen-bond donors (Lipinski definition) is 1. The highest BCUT2D eigenvalue weighted by molar-refractivity contribution is 7.90. The highest BCUT2D eigenvalue weighted by Gasteiger charge is 2.34. The lowest BCUT2D eigenvalue weighted by atomic mass is 10.1. The summed E-state index contributed by atoms with van der Waals surface area (Å²) in [4.78, 5) is 35.6. The van der Waals surface area contributed by atoms with E-state index in [-0.39, 0.29) is 41.3 Å².